The van der Waals surface area contributed by atoms with Gasteiger partial charge in [-0.3, -0.25) is 4.99 Å². The fraction of sp³-hybridized carbons (Fsp3) is 0.269. The first-order valence-electron chi connectivity index (χ1n) is 11.6. The fourth-order valence-electron chi connectivity index (χ4n) is 4.61. The summed E-state index contributed by atoms with van der Waals surface area (Å²) in [6, 6.07) is 14.6. The van der Waals surface area contributed by atoms with Crippen LogP contribution in [0.2, 0.25) is 0 Å². The number of fused-ring (bicyclic) bond motifs is 2. The molecule has 1 atom stereocenters. The van der Waals surface area contributed by atoms with E-state index >= 15 is 0 Å². The van der Waals surface area contributed by atoms with Gasteiger partial charge in [-0.2, -0.15) is 0 Å². The minimum Gasteiger partial charge on any atom is -0.387 e. The Kier molecular flexibility index (Phi) is 5.24. The van der Waals surface area contributed by atoms with Crippen LogP contribution >= 0.6 is 0 Å². The first-order chi connectivity index (χ1) is 16.7. The maximum Gasteiger partial charge on any atom is 0.180 e. The molecule has 2 aromatic heterocycles. The largest absolute Gasteiger partial charge is 0.387 e. The third-order valence-electron chi connectivity index (χ3n) is 6.37. The standard InChI is InChI=1S/C26H26N6O2/c1-17(33)24-22-7-2-18(14-19(22)15-28-24)23-16-32-9-8-27-26(32)25(30-23)29-20-3-5-21(6-4-20)31-10-12-34-13-11-31/h2-9,14,16-17,33H,10-13,15H2,1H3,(H,29,30). The predicted octanol–water partition coefficient (Wildman–Crippen LogP) is 3.66. The Bertz CT molecular complexity index is 1370. The van der Waals surface area contributed by atoms with Gasteiger partial charge in [-0.05, 0) is 42.8 Å². The van der Waals surface area contributed by atoms with Crippen molar-refractivity contribution in [1.82, 2.24) is 14.4 Å². The van der Waals surface area contributed by atoms with E-state index in [-0.39, 0.29) is 0 Å². The molecule has 0 aliphatic carbocycles. The lowest BCUT2D eigenvalue weighted by Gasteiger charge is -2.28. The van der Waals surface area contributed by atoms with Gasteiger partial charge in [0.1, 0.15) is 0 Å². The SMILES string of the molecule is CC(O)C1=NCc2cc(-c3cn4ccnc4c(Nc4ccc(N5CCOCC5)cc4)n3)ccc21. The van der Waals surface area contributed by atoms with Crippen LogP contribution in [0.5, 0.6) is 0 Å². The Morgan fingerprint density at radius 2 is 1.91 bits per heavy atom. The molecule has 1 fully saturated rings. The van der Waals surface area contributed by atoms with Crippen molar-refractivity contribution in [2.24, 2.45) is 4.99 Å². The Hall–Kier alpha value is -3.75. The number of aliphatic imine (C=N–C) groups is 1. The molecule has 2 aromatic carbocycles. The predicted molar refractivity (Wildman–Crippen MR) is 133 cm³/mol. The highest BCUT2D eigenvalue weighted by atomic mass is 16.5. The van der Waals surface area contributed by atoms with Gasteiger partial charge in [0.05, 0.1) is 37.3 Å². The zero-order valence-corrected chi connectivity index (χ0v) is 19.0. The highest BCUT2D eigenvalue weighted by molar-refractivity contribution is 6.06. The van der Waals surface area contributed by atoms with E-state index < -0.39 is 6.10 Å². The van der Waals surface area contributed by atoms with Crippen LogP contribution in [0.1, 0.15) is 18.1 Å². The quantitative estimate of drug-likeness (QED) is 0.479. The smallest absolute Gasteiger partial charge is 0.180 e. The van der Waals surface area contributed by atoms with E-state index in [4.69, 9.17) is 9.72 Å². The molecule has 2 N–H and O–H groups in total. The number of benzene rings is 2. The summed E-state index contributed by atoms with van der Waals surface area (Å²) in [5.41, 5.74) is 7.63. The molecule has 8 heteroatoms. The average Bonchev–Trinajstić information content (AvgIpc) is 3.52. The number of nitrogens with one attached hydrogen (secondary N) is 1. The first kappa shape index (κ1) is 20.8. The Morgan fingerprint density at radius 3 is 2.71 bits per heavy atom. The van der Waals surface area contributed by atoms with Gasteiger partial charge in [0.15, 0.2) is 11.5 Å². The summed E-state index contributed by atoms with van der Waals surface area (Å²) in [6.45, 7) is 5.69. The number of hydrogen-bond donors (Lipinski definition) is 2. The molecule has 0 amide bonds. The number of ether oxygens (including phenoxy) is 1. The van der Waals surface area contributed by atoms with Crippen LogP contribution in [0, 0.1) is 0 Å². The number of hydrogen-bond acceptors (Lipinski definition) is 7. The van der Waals surface area contributed by atoms with Crippen molar-refractivity contribution in [3.05, 3.63) is 72.2 Å². The Morgan fingerprint density at radius 1 is 1.09 bits per heavy atom. The molecule has 0 radical (unpaired) electrons. The highest BCUT2D eigenvalue weighted by Crippen LogP contribution is 2.29. The van der Waals surface area contributed by atoms with Gasteiger partial charge >= 0.3 is 0 Å². The summed E-state index contributed by atoms with van der Waals surface area (Å²) < 4.78 is 7.44. The Balaban J connectivity index is 1.30. The second kappa shape index (κ2) is 8.55. The molecule has 4 aromatic rings. The summed E-state index contributed by atoms with van der Waals surface area (Å²) in [4.78, 5) is 16.3. The second-order valence-electron chi connectivity index (χ2n) is 8.65. The van der Waals surface area contributed by atoms with Crippen LogP contribution in [0.25, 0.3) is 16.9 Å². The molecule has 2 aliphatic heterocycles. The van der Waals surface area contributed by atoms with Crippen LogP contribution in [0.3, 0.4) is 0 Å². The van der Waals surface area contributed by atoms with Gasteiger partial charge in [0.2, 0.25) is 0 Å². The van der Waals surface area contributed by atoms with E-state index in [1.807, 2.05) is 28.9 Å². The molecule has 6 rings (SSSR count). The summed E-state index contributed by atoms with van der Waals surface area (Å²) >= 11 is 0. The monoisotopic (exact) mass is 454 g/mol. The molecule has 34 heavy (non-hydrogen) atoms. The average molecular weight is 455 g/mol. The van der Waals surface area contributed by atoms with Gasteiger partial charge in [0, 0.05) is 54.2 Å². The number of morpholine rings is 1. The molecule has 0 bridgehead atoms. The number of imidazole rings is 1. The zero-order valence-electron chi connectivity index (χ0n) is 19.0. The van der Waals surface area contributed by atoms with E-state index in [9.17, 15) is 5.11 Å². The van der Waals surface area contributed by atoms with Crippen molar-refractivity contribution in [3.63, 3.8) is 0 Å². The lowest BCUT2D eigenvalue weighted by atomic mass is 9.99. The van der Waals surface area contributed by atoms with Crippen molar-refractivity contribution >= 4 is 28.6 Å². The maximum absolute atomic E-state index is 9.98. The van der Waals surface area contributed by atoms with Crippen LogP contribution < -0.4 is 10.2 Å². The first-order valence-corrected chi connectivity index (χ1v) is 11.6. The van der Waals surface area contributed by atoms with Crippen molar-refractivity contribution in [2.45, 2.75) is 19.6 Å². The molecular formula is C26H26N6O2. The number of anilines is 3. The Labute approximate surface area is 197 Å². The lowest BCUT2D eigenvalue weighted by Crippen LogP contribution is -2.36. The van der Waals surface area contributed by atoms with Gasteiger partial charge in [-0.1, -0.05) is 12.1 Å². The second-order valence-corrected chi connectivity index (χ2v) is 8.65. The third kappa shape index (κ3) is 3.81. The van der Waals surface area contributed by atoms with Crippen LogP contribution in [-0.2, 0) is 11.3 Å². The van der Waals surface area contributed by atoms with Crippen LogP contribution in [0.15, 0.2) is 66.0 Å². The van der Waals surface area contributed by atoms with Crippen molar-refractivity contribution < 1.29 is 9.84 Å². The van der Waals surface area contributed by atoms with E-state index in [0.717, 1.165) is 65.7 Å². The number of rotatable bonds is 5. The summed E-state index contributed by atoms with van der Waals surface area (Å²) in [5.74, 6) is 0.697. The lowest BCUT2D eigenvalue weighted by molar-refractivity contribution is 0.122. The molecule has 0 spiro atoms. The van der Waals surface area contributed by atoms with E-state index in [1.165, 1.54) is 5.69 Å². The molecule has 4 heterocycles. The molecule has 1 unspecified atom stereocenters. The number of nitrogens with zero attached hydrogens (tertiary/aromatic N) is 5. The summed E-state index contributed by atoms with van der Waals surface area (Å²) in [6.07, 6.45) is 5.12. The van der Waals surface area contributed by atoms with Crippen molar-refractivity contribution in [1.29, 1.82) is 0 Å². The van der Waals surface area contributed by atoms with Crippen molar-refractivity contribution in [2.75, 3.05) is 36.5 Å². The normalized spacial score (nSPS) is 16.4. The van der Waals surface area contributed by atoms with Gasteiger partial charge in [0.25, 0.3) is 0 Å². The van der Waals surface area contributed by atoms with E-state index in [1.54, 1.807) is 13.1 Å². The topological polar surface area (TPSA) is 87.3 Å². The molecule has 8 nitrogen and oxygen atoms in total. The summed E-state index contributed by atoms with van der Waals surface area (Å²) in [5, 5.41) is 13.4. The van der Waals surface area contributed by atoms with Crippen molar-refractivity contribution in [3.8, 4) is 11.3 Å². The van der Waals surface area contributed by atoms with Gasteiger partial charge in [-0.25, -0.2) is 9.97 Å². The van der Waals surface area contributed by atoms with E-state index in [2.05, 4.69) is 50.5 Å². The van der Waals surface area contributed by atoms with Gasteiger partial charge < -0.3 is 24.5 Å². The molecular weight excluding hydrogens is 428 g/mol. The molecule has 0 saturated carbocycles. The number of aliphatic hydroxyl groups excluding tert-OH is 1. The van der Waals surface area contributed by atoms with Gasteiger partial charge in [-0.15, -0.1) is 0 Å². The fourth-order valence-corrected chi connectivity index (χ4v) is 4.61. The minimum atomic E-state index is -0.571. The molecule has 2 aliphatic rings. The van der Waals surface area contributed by atoms with E-state index in [0.29, 0.717) is 12.4 Å². The number of aliphatic hydroxyl groups is 1. The van der Waals surface area contributed by atoms with Crippen LogP contribution in [-0.4, -0.2) is 57.6 Å². The highest BCUT2D eigenvalue weighted by Gasteiger charge is 2.20. The zero-order chi connectivity index (χ0) is 23.1. The maximum atomic E-state index is 9.98. The molecule has 1 saturated heterocycles. The van der Waals surface area contributed by atoms with Crippen LogP contribution in [0.4, 0.5) is 17.2 Å². The minimum absolute atomic E-state index is 0.571. The molecule has 172 valence electrons. The number of aromatic nitrogens is 3. The summed E-state index contributed by atoms with van der Waals surface area (Å²) in [7, 11) is 0. The third-order valence-corrected chi connectivity index (χ3v) is 6.37.